The van der Waals surface area contributed by atoms with E-state index in [9.17, 15) is 4.79 Å². The fourth-order valence-electron chi connectivity index (χ4n) is 2.48. The number of fused-ring (bicyclic) bond motifs is 1. The van der Waals surface area contributed by atoms with Crippen LogP contribution in [0.3, 0.4) is 0 Å². The Kier molecular flexibility index (Phi) is 3.76. The van der Waals surface area contributed by atoms with Crippen molar-refractivity contribution in [3.8, 4) is 0 Å². The van der Waals surface area contributed by atoms with Crippen LogP contribution in [-0.2, 0) is 4.74 Å². The third kappa shape index (κ3) is 2.86. The molecule has 4 heteroatoms. The zero-order valence-electron chi connectivity index (χ0n) is 11.6. The van der Waals surface area contributed by atoms with E-state index >= 15 is 0 Å². The lowest BCUT2D eigenvalue weighted by molar-refractivity contribution is 0.0240. The van der Waals surface area contributed by atoms with E-state index in [2.05, 4.69) is 10.3 Å². The Morgan fingerprint density at radius 2 is 2.30 bits per heavy atom. The van der Waals surface area contributed by atoms with Crippen molar-refractivity contribution in [2.45, 2.75) is 19.4 Å². The van der Waals surface area contributed by atoms with Gasteiger partial charge < -0.3 is 10.1 Å². The summed E-state index contributed by atoms with van der Waals surface area (Å²) in [4.78, 5) is 16.7. The average Bonchev–Trinajstić information content (AvgIpc) is 2.47. The first-order valence-electron chi connectivity index (χ1n) is 6.95. The van der Waals surface area contributed by atoms with E-state index in [4.69, 9.17) is 4.74 Å². The summed E-state index contributed by atoms with van der Waals surface area (Å²) >= 11 is 0. The number of hydrogen-bond donors (Lipinski definition) is 1. The van der Waals surface area contributed by atoms with Gasteiger partial charge >= 0.3 is 0 Å². The number of pyridine rings is 1. The normalized spacial score (nSPS) is 19.1. The number of rotatable bonds is 3. The lowest BCUT2D eigenvalue weighted by Gasteiger charge is -2.22. The van der Waals surface area contributed by atoms with Gasteiger partial charge in [0.1, 0.15) is 0 Å². The highest BCUT2D eigenvalue weighted by Gasteiger charge is 2.18. The summed E-state index contributed by atoms with van der Waals surface area (Å²) in [7, 11) is 0. The Bertz CT molecular complexity index is 633. The van der Waals surface area contributed by atoms with Crippen molar-refractivity contribution in [2.24, 2.45) is 0 Å². The SMILES string of the molecule is Cc1ccc2cc(C(=O)CC3CNCCO3)ccc2n1. The van der Waals surface area contributed by atoms with Crippen LogP contribution in [0.5, 0.6) is 0 Å². The van der Waals surface area contributed by atoms with Gasteiger partial charge in [0, 0.05) is 36.2 Å². The third-order valence-electron chi connectivity index (χ3n) is 3.57. The van der Waals surface area contributed by atoms with Crippen LogP contribution in [0.1, 0.15) is 22.5 Å². The van der Waals surface area contributed by atoms with Crippen LogP contribution < -0.4 is 5.32 Å². The molecule has 1 saturated heterocycles. The summed E-state index contributed by atoms with van der Waals surface area (Å²) in [6, 6.07) is 9.65. The number of carbonyl (C=O) groups is 1. The van der Waals surface area contributed by atoms with E-state index in [-0.39, 0.29) is 11.9 Å². The fraction of sp³-hybridized carbons (Fsp3) is 0.375. The summed E-state index contributed by atoms with van der Waals surface area (Å²) in [6.45, 7) is 4.26. The molecule has 1 N–H and O–H groups in total. The highest BCUT2D eigenvalue weighted by atomic mass is 16.5. The summed E-state index contributed by atoms with van der Waals surface area (Å²) in [6.07, 6.45) is 0.417. The van der Waals surface area contributed by atoms with Gasteiger partial charge in [0.15, 0.2) is 5.78 Å². The lowest BCUT2D eigenvalue weighted by Crippen LogP contribution is -2.39. The maximum Gasteiger partial charge on any atom is 0.165 e. The molecule has 1 aliphatic rings. The molecular formula is C16H18N2O2. The highest BCUT2D eigenvalue weighted by Crippen LogP contribution is 2.17. The molecule has 0 saturated carbocycles. The van der Waals surface area contributed by atoms with E-state index in [0.717, 1.165) is 35.2 Å². The molecule has 20 heavy (non-hydrogen) atoms. The van der Waals surface area contributed by atoms with Crippen molar-refractivity contribution < 1.29 is 9.53 Å². The number of ether oxygens (including phenoxy) is 1. The molecule has 2 heterocycles. The minimum absolute atomic E-state index is 0.0110. The molecule has 1 atom stereocenters. The Balaban J connectivity index is 1.78. The van der Waals surface area contributed by atoms with Crippen molar-refractivity contribution in [3.63, 3.8) is 0 Å². The third-order valence-corrected chi connectivity index (χ3v) is 3.57. The fourth-order valence-corrected chi connectivity index (χ4v) is 2.48. The summed E-state index contributed by atoms with van der Waals surface area (Å²) in [5.74, 6) is 0.126. The van der Waals surface area contributed by atoms with Crippen LogP contribution in [0.2, 0.25) is 0 Å². The van der Waals surface area contributed by atoms with Crippen LogP contribution in [0.15, 0.2) is 30.3 Å². The van der Waals surface area contributed by atoms with Crippen LogP contribution in [0.25, 0.3) is 10.9 Å². The van der Waals surface area contributed by atoms with Gasteiger partial charge in [0.25, 0.3) is 0 Å². The van der Waals surface area contributed by atoms with Gasteiger partial charge in [-0.15, -0.1) is 0 Å². The number of hydrogen-bond acceptors (Lipinski definition) is 4. The van der Waals surface area contributed by atoms with Gasteiger partial charge in [-0.2, -0.15) is 0 Å². The van der Waals surface area contributed by atoms with E-state index in [1.165, 1.54) is 0 Å². The van der Waals surface area contributed by atoms with E-state index in [1.807, 2.05) is 37.3 Å². The Hall–Kier alpha value is -1.78. The second-order valence-corrected chi connectivity index (χ2v) is 5.18. The number of nitrogens with one attached hydrogen (secondary N) is 1. The van der Waals surface area contributed by atoms with Crippen LogP contribution in [-0.4, -0.2) is 36.6 Å². The minimum Gasteiger partial charge on any atom is -0.375 e. The van der Waals surface area contributed by atoms with Gasteiger partial charge in [0.2, 0.25) is 0 Å². The number of carbonyl (C=O) groups excluding carboxylic acids is 1. The van der Waals surface area contributed by atoms with Crippen molar-refractivity contribution in [2.75, 3.05) is 19.7 Å². The second-order valence-electron chi connectivity index (χ2n) is 5.18. The quantitative estimate of drug-likeness (QED) is 0.868. The molecule has 104 valence electrons. The molecular weight excluding hydrogens is 252 g/mol. The van der Waals surface area contributed by atoms with Crippen LogP contribution >= 0.6 is 0 Å². The monoisotopic (exact) mass is 270 g/mol. The van der Waals surface area contributed by atoms with E-state index in [0.29, 0.717) is 13.0 Å². The van der Waals surface area contributed by atoms with Crippen LogP contribution in [0.4, 0.5) is 0 Å². The Labute approximate surface area is 118 Å². The number of morpholine rings is 1. The Morgan fingerprint density at radius 3 is 3.10 bits per heavy atom. The zero-order chi connectivity index (χ0) is 13.9. The van der Waals surface area contributed by atoms with Gasteiger partial charge in [-0.05, 0) is 31.2 Å². The lowest BCUT2D eigenvalue weighted by atomic mass is 10.0. The van der Waals surface area contributed by atoms with Crippen molar-refractivity contribution in [1.29, 1.82) is 0 Å². The zero-order valence-corrected chi connectivity index (χ0v) is 11.6. The molecule has 2 aromatic rings. The molecule has 1 aromatic heterocycles. The largest absolute Gasteiger partial charge is 0.375 e. The molecule has 0 amide bonds. The molecule has 1 unspecified atom stereocenters. The molecule has 0 aliphatic carbocycles. The maximum atomic E-state index is 12.3. The molecule has 3 rings (SSSR count). The first kappa shape index (κ1) is 13.2. The Morgan fingerprint density at radius 1 is 1.40 bits per heavy atom. The summed E-state index contributed by atoms with van der Waals surface area (Å²) < 4.78 is 5.58. The summed E-state index contributed by atoms with van der Waals surface area (Å²) in [5.41, 5.74) is 2.65. The van der Waals surface area contributed by atoms with E-state index in [1.54, 1.807) is 0 Å². The molecule has 0 radical (unpaired) electrons. The van der Waals surface area contributed by atoms with Crippen molar-refractivity contribution >= 4 is 16.7 Å². The predicted molar refractivity (Wildman–Crippen MR) is 78.0 cm³/mol. The molecule has 1 aromatic carbocycles. The highest BCUT2D eigenvalue weighted by molar-refractivity contribution is 5.99. The van der Waals surface area contributed by atoms with Gasteiger partial charge in [0.05, 0.1) is 18.2 Å². The number of nitrogens with zero attached hydrogens (tertiary/aromatic N) is 1. The molecule has 1 aliphatic heterocycles. The van der Waals surface area contributed by atoms with Gasteiger partial charge in [-0.3, -0.25) is 9.78 Å². The minimum atomic E-state index is -0.0110. The standard InChI is InChI=1S/C16H18N2O2/c1-11-2-3-12-8-13(4-5-15(12)18-11)16(19)9-14-10-17-6-7-20-14/h2-5,8,14,17H,6-7,9-10H2,1H3. The molecule has 0 spiro atoms. The summed E-state index contributed by atoms with van der Waals surface area (Å²) in [5, 5.41) is 4.24. The average molecular weight is 270 g/mol. The van der Waals surface area contributed by atoms with Crippen LogP contribution in [0, 0.1) is 6.92 Å². The number of benzene rings is 1. The first-order chi connectivity index (χ1) is 9.72. The molecule has 4 nitrogen and oxygen atoms in total. The van der Waals surface area contributed by atoms with Crippen molar-refractivity contribution in [3.05, 3.63) is 41.6 Å². The topological polar surface area (TPSA) is 51.2 Å². The van der Waals surface area contributed by atoms with Gasteiger partial charge in [-0.25, -0.2) is 0 Å². The number of Topliss-reactive ketones (excluding diaryl/α,β-unsaturated/α-hetero) is 1. The smallest absolute Gasteiger partial charge is 0.165 e. The number of aromatic nitrogens is 1. The van der Waals surface area contributed by atoms with Gasteiger partial charge in [-0.1, -0.05) is 6.07 Å². The second kappa shape index (κ2) is 5.69. The predicted octanol–water partition coefficient (Wildman–Crippen LogP) is 2.10. The first-order valence-corrected chi connectivity index (χ1v) is 6.95. The number of aryl methyl sites for hydroxylation is 1. The molecule has 0 bridgehead atoms. The number of ketones is 1. The van der Waals surface area contributed by atoms with Crippen molar-refractivity contribution in [1.82, 2.24) is 10.3 Å². The van der Waals surface area contributed by atoms with E-state index < -0.39 is 0 Å². The maximum absolute atomic E-state index is 12.3. The molecule has 1 fully saturated rings.